The maximum Gasteiger partial charge on any atom is 0.178 e. The maximum absolute atomic E-state index is 6.36. The van der Waals surface area contributed by atoms with Crippen LogP contribution in [-0.2, 0) is 30.3 Å². The fraction of sp³-hybridized carbons (Fsp3) is 0.613. The molecule has 214 valence electrons. The van der Waals surface area contributed by atoms with Crippen molar-refractivity contribution in [2.24, 2.45) is 11.8 Å². The Morgan fingerprint density at radius 1 is 0.974 bits per heavy atom. The van der Waals surface area contributed by atoms with Crippen molar-refractivity contribution in [2.75, 3.05) is 60.8 Å². The zero-order valence-electron chi connectivity index (χ0n) is 24.0. The van der Waals surface area contributed by atoms with E-state index in [2.05, 4.69) is 58.7 Å². The monoisotopic (exact) mass is 539 g/mol. The molecule has 0 amide bonds. The first-order chi connectivity index (χ1) is 19.1. The summed E-state index contributed by atoms with van der Waals surface area (Å²) in [6.45, 7) is 7.75. The van der Waals surface area contributed by atoms with Gasteiger partial charge in [-0.3, -0.25) is 5.01 Å². The Hall–Kier alpha value is -2.36. The molecule has 1 aromatic carbocycles. The van der Waals surface area contributed by atoms with Gasteiger partial charge in [-0.25, -0.2) is 0 Å². The van der Waals surface area contributed by atoms with E-state index >= 15 is 0 Å². The number of rotatable bonds is 14. The van der Waals surface area contributed by atoms with E-state index in [9.17, 15) is 0 Å². The lowest BCUT2D eigenvalue weighted by Crippen LogP contribution is -2.52. The Kier molecular flexibility index (Phi) is 9.30. The summed E-state index contributed by atoms with van der Waals surface area (Å²) >= 11 is 0. The van der Waals surface area contributed by atoms with Gasteiger partial charge in [0.05, 0.1) is 38.3 Å². The molecule has 0 aromatic heterocycles. The number of benzene rings is 1. The molecule has 1 saturated carbocycles. The first-order valence-electron chi connectivity index (χ1n) is 14.4. The lowest BCUT2D eigenvalue weighted by molar-refractivity contribution is -0.0470. The van der Waals surface area contributed by atoms with Crippen molar-refractivity contribution in [1.29, 1.82) is 0 Å². The third kappa shape index (κ3) is 6.20. The number of fused-ring (bicyclic) bond motifs is 1. The molecule has 8 heteroatoms. The predicted molar refractivity (Wildman–Crippen MR) is 151 cm³/mol. The van der Waals surface area contributed by atoms with Crippen LogP contribution in [0.1, 0.15) is 50.2 Å². The highest BCUT2D eigenvalue weighted by atomic mass is 16.5. The summed E-state index contributed by atoms with van der Waals surface area (Å²) in [6, 6.07) is 8.53. The van der Waals surface area contributed by atoms with Crippen molar-refractivity contribution in [1.82, 2.24) is 15.3 Å². The Balaban J connectivity index is 1.48. The summed E-state index contributed by atoms with van der Waals surface area (Å²) in [5.74, 6) is 2.20. The number of ether oxygens (including phenoxy) is 5. The number of hydrogen-bond acceptors (Lipinski definition) is 8. The smallest absolute Gasteiger partial charge is 0.178 e. The third-order valence-electron chi connectivity index (χ3n) is 8.31. The Morgan fingerprint density at radius 3 is 2.31 bits per heavy atom. The highest BCUT2D eigenvalue weighted by Crippen LogP contribution is 2.45. The molecule has 1 aromatic rings. The Morgan fingerprint density at radius 2 is 1.69 bits per heavy atom. The van der Waals surface area contributed by atoms with E-state index in [1.54, 1.807) is 14.2 Å². The van der Waals surface area contributed by atoms with Gasteiger partial charge in [0.1, 0.15) is 11.5 Å². The fourth-order valence-corrected chi connectivity index (χ4v) is 5.87. The molecule has 39 heavy (non-hydrogen) atoms. The van der Waals surface area contributed by atoms with Crippen molar-refractivity contribution in [3.8, 4) is 0 Å². The van der Waals surface area contributed by atoms with E-state index in [4.69, 9.17) is 23.7 Å². The lowest BCUT2D eigenvalue weighted by Gasteiger charge is -2.39. The molecule has 1 atom stereocenters. The molecule has 0 bridgehead atoms. The van der Waals surface area contributed by atoms with Gasteiger partial charge in [0.2, 0.25) is 0 Å². The minimum absolute atomic E-state index is 0.557. The van der Waals surface area contributed by atoms with E-state index in [0.717, 1.165) is 79.8 Å². The zero-order chi connectivity index (χ0) is 27.2. The second kappa shape index (κ2) is 12.9. The normalized spacial score (nSPS) is 23.5. The van der Waals surface area contributed by atoms with Crippen molar-refractivity contribution in [2.45, 2.75) is 51.4 Å². The Bertz CT molecular complexity index is 1050. The van der Waals surface area contributed by atoms with Gasteiger partial charge < -0.3 is 28.6 Å². The van der Waals surface area contributed by atoms with Gasteiger partial charge >= 0.3 is 0 Å². The molecule has 3 heterocycles. The van der Waals surface area contributed by atoms with Gasteiger partial charge in [0, 0.05) is 46.1 Å². The van der Waals surface area contributed by atoms with Gasteiger partial charge in [0.25, 0.3) is 0 Å². The summed E-state index contributed by atoms with van der Waals surface area (Å²) in [4.78, 5) is 2.63. The number of allylic oxidation sites excluding steroid dienone is 2. The molecule has 8 nitrogen and oxygen atoms in total. The largest absolute Gasteiger partial charge is 0.494 e. The molecule has 1 aliphatic carbocycles. The van der Waals surface area contributed by atoms with Crippen LogP contribution >= 0.6 is 0 Å². The van der Waals surface area contributed by atoms with Crippen LogP contribution in [0.2, 0.25) is 0 Å². The van der Waals surface area contributed by atoms with E-state index < -0.39 is 5.72 Å². The number of methoxy groups -OCH3 is 3. The summed E-state index contributed by atoms with van der Waals surface area (Å²) in [5.41, 5.74) is 8.72. The maximum atomic E-state index is 6.36. The van der Waals surface area contributed by atoms with Gasteiger partial charge in [-0.15, -0.1) is 0 Å². The molecule has 0 radical (unpaired) electrons. The molecule has 2 fully saturated rings. The van der Waals surface area contributed by atoms with E-state index in [1.807, 2.05) is 7.11 Å². The van der Waals surface area contributed by atoms with Crippen molar-refractivity contribution >= 4 is 5.70 Å². The van der Waals surface area contributed by atoms with Crippen LogP contribution in [-0.4, -0.2) is 76.5 Å². The molecule has 5 rings (SSSR count). The molecular formula is C31H45N3O5. The quantitative estimate of drug-likeness (QED) is 0.343. The highest BCUT2D eigenvalue weighted by Gasteiger charge is 2.49. The highest BCUT2D eigenvalue weighted by molar-refractivity contribution is 5.73. The standard InChI is InChI=1S/C31H45N3O5/c1-5-31(37-4)30(33(20-23-6-7-23)21-24-14-16-38-17-15-24)27-12-13-28(36-3)29(34(27)32-31)26-10-8-25(9-11-26)22-39-19-18-35-2/h8-13,23-24,32H,5-7,14-22H2,1-4H3. The minimum Gasteiger partial charge on any atom is -0.494 e. The zero-order valence-corrected chi connectivity index (χ0v) is 24.0. The number of nitrogens with zero attached hydrogens (tertiary/aromatic N) is 2. The van der Waals surface area contributed by atoms with E-state index in [0.29, 0.717) is 25.7 Å². The fourth-order valence-electron chi connectivity index (χ4n) is 5.87. The van der Waals surface area contributed by atoms with Crippen LogP contribution in [0.25, 0.3) is 5.70 Å². The lowest BCUT2D eigenvalue weighted by atomic mass is 9.96. The first-order valence-corrected chi connectivity index (χ1v) is 14.4. The SMILES string of the molecule is CCC1(OC)NN2C(=C1N(CC1CCOCC1)CC1CC1)C=CC(OC)=C2c1ccc(COCCOC)cc1. The van der Waals surface area contributed by atoms with E-state index in [-0.39, 0.29) is 0 Å². The van der Waals surface area contributed by atoms with Gasteiger partial charge in [0.15, 0.2) is 5.72 Å². The number of hydrogen-bond donors (Lipinski definition) is 1. The molecule has 1 N–H and O–H groups in total. The van der Waals surface area contributed by atoms with Crippen LogP contribution in [0.15, 0.2) is 53.6 Å². The molecule has 0 spiro atoms. The molecular weight excluding hydrogens is 494 g/mol. The summed E-state index contributed by atoms with van der Waals surface area (Å²) in [6.07, 6.45) is 9.93. The van der Waals surface area contributed by atoms with Gasteiger partial charge in [-0.05, 0) is 61.7 Å². The van der Waals surface area contributed by atoms with Gasteiger partial charge in [-0.1, -0.05) is 31.2 Å². The average molecular weight is 540 g/mol. The Labute approximate surface area is 233 Å². The van der Waals surface area contributed by atoms with Gasteiger partial charge in [-0.2, -0.15) is 5.43 Å². The van der Waals surface area contributed by atoms with Crippen LogP contribution in [0.4, 0.5) is 0 Å². The third-order valence-corrected chi connectivity index (χ3v) is 8.31. The molecule has 4 aliphatic rings. The average Bonchev–Trinajstić information content (AvgIpc) is 3.73. The minimum atomic E-state index is -0.622. The molecule has 1 unspecified atom stereocenters. The summed E-state index contributed by atoms with van der Waals surface area (Å²) < 4.78 is 28.7. The predicted octanol–water partition coefficient (Wildman–Crippen LogP) is 4.66. The second-order valence-electron chi connectivity index (χ2n) is 11.0. The molecule has 1 saturated heterocycles. The second-order valence-corrected chi connectivity index (χ2v) is 11.0. The van der Waals surface area contributed by atoms with Crippen molar-refractivity contribution < 1.29 is 23.7 Å². The van der Waals surface area contributed by atoms with Crippen LogP contribution < -0.4 is 5.43 Å². The first kappa shape index (κ1) is 28.2. The topological polar surface area (TPSA) is 64.7 Å². The van der Waals surface area contributed by atoms with Crippen molar-refractivity contribution in [3.63, 3.8) is 0 Å². The number of nitrogens with one attached hydrogen (secondary N) is 1. The van der Waals surface area contributed by atoms with Crippen LogP contribution in [0.3, 0.4) is 0 Å². The summed E-state index contributed by atoms with van der Waals surface area (Å²) in [5, 5.41) is 2.19. The van der Waals surface area contributed by atoms with Crippen LogP contribution in [0.5, 0.6) is 0 Å². The summed E-state index contributed by atoms with van der Waals surface area (Å²) in [7, 11) is 5.24. The van der Waals surface area contributed by atoms with Crippen molar-refractivity contribution in [3.05, 3.63) is 64.7 Å². The molecule has 3 aliphatic heterocycles. The van der Waals surface area contributed by atoms with Crippen LogP contribution in [0, 0.1) is 11.8 Å². The number of hydrazine groups is 1. The van der Waals surface area contributed by atoms with E-state index in [1.165, 1.54) is 18.5 Å².